The average Bonchev–Trinajstić information content (AvgIpc) is 2.81. The highest BCUT2D eigenvalue weighted by molar-refractivity contribution is 7.80. The molecule has 2 aliphatic heterocycles. The molecule has 1 saturated heterocycles. The van der Waals surface area contributed by atoms with E-state index in [9.17, 15) is 4.79 Å². The van der Waals surface area contributed by atoms with Crippen LogP contribution in [0.3, 0.4) is 0 Å². The highest BCUT2D eigenvalue weighted by Crippen LogP contribution is 2.52. The number of anilines is 2. The van der Waals surface area contributed by atoms with Gasteiger partial charge >= 0.3 is 0 Å². The number of para-hydroxylation sites is 1. The van der Waals surface area contributed by atoms with Crippen LogP contribution in [0.25, 0.3) is 0 Å². The van der Waals surface area contributed by atoms with Crippen LogP contribution in [-0.2, 0) is 4.79 Å². The van der Waals surface area contributed by atoms with Crippen molar-refractivity contribution in [2.45, 2.75) is 25.6 Å². The van der Waals surface area contributed by atoms with Crippen LogP contribution in [-0.4, -0.2) is 23.4 Å². The summed E-state index contributed by atoms with van der Waals surface area (Å²) < 4.78 is 12.6. The maximum Gasteiger partial charge on any atom is 0.236 e. The zero-order valence-corrected chi connectivity index (χ0v) is 21.4. The van der Waals surface area contributed by atoms with Crippen molar-refractivity contribution in [2.24, 2.45) is 5.92 Å². The van der Waals surface area contributed by atoms with E-state index >= 15 is 0 Å². The van der Waals surface area contributed by atoms with Gasteiger partial charge in [-0.1, -0.05) is 41.4 Å². The van der Waals surface area contributed by atoms with Gasteiger partial charge < -0.3 is 20.1 Å². The molecule has 2 aliphatic rings. The van der Waals surface area contributed by atoms with Gasteiger partial charge in [-0.25, -0.2) is 0 Å². The van der Waals surface area contributed by atoms with Crippen LogP contribution < -0.4 is 25.0 Å². The fraction of sp³-hybridized carbons (Fsp3) is 0.231. The SMILES string of the molecule is CCOc1cccc2c1O[C@@]1(C)[C@H](C(=O)Nc3ccc(Cl)cc3)[C@H]2NC(=S)N1c1cccc(Cl)c1. The fourth-order valence-corrected chi connectivity index (χ4v) is 5.52. The first-order chi connectivity index (χ1) is 16.8. The molecule has 0 aliphatic carbocycles. The fourth-order valence-electron chi connectivity index (χ4n) is 4.80. The van der Waals surface area contributed by atoms with E-state index in [4.69, 9.17) is 44.9 Å². The van der Waals surface area contributed by atoms with E-state index in [-0.39, 0.29) is 5.91 Å². The number of hydrogen-bond acceptors (Lipinski definition) is 4. The number of carbonyl (C=O) groups is 1. The predicted octanol–water partition coefficient (Wildman–Crippen LogP) is 6.19. The lowest BCUT2D eigenvalue weighted by molar-refractivity contribution is -0.130. The minimum Gasteiger partial charge on any atom is -0.490 e. The molecule has 2 bridgehead atoms. The number of nitrogens with one attached hydrogen (secondary N) is 2. The summed E-state index contributed by atoms with van der Waals surface area (Å²) in [5, 5.41) is 7.97. The summed E-state index contributed by atoms with van der Waals surface area (Å²) in [5.74, 6) is 0.278. The first-order valence-electron chi connectivity index (χ1n) is 11.2. The Hall–Kier alpha value is -3.00. The van der Waals surface area contributed by atoms with Gasteiger partial charge in [0.15, 0.2) is 22.3 Å². The van der Waals surface area contributed by atoms with Gasteiger partial charge in [-0.2, -0.15) is 0 Å². The maximum absolute atomic E-state index is 13.9. The van der Waals surface area contributed by atoms with Crippen molar-refractivity contribution in [1.82, 2.24) is 5.32 Å². The average molecular weight is 528 g/mol. The lowest BCUT2D eigenvalue weighted by Crippen LogP contribution is -2.72. The van der Waals surface area contributed by atoms with Crippen LogP contribution in [0.5, 0.6) is 11.5 Å². The second-order valence-electron chi connectivity index (χ2n) is 8.48. The van der Waals surface area contributed by atoms with E-state index in [0.29, 0.717) is 44.6 Å². The predicted molar refractivity (Wildman–Crippen MR) is 143 cm³/mol. The van der Waals surface area contributed by atoms with Gasteiger partial charge in [0.1, 0.15) is 5.92 Å². The molecule has 0 saturated carbocycles. The molecule has 5 rings (SSSR count). The molecular weight excluding hydrogens is 505 g/mol. The van der Waals surface area contributed by atoms with Gasteiger partial charge in [-0.15, -0.1) is 0 Å². The quantitative estimate of drug-likeness (QED) is 0.385. The Bertz CT molecular complexity index is 1300. The van der Waals surface area contributed by atoms with E-state index in [1.807, 2.05) is 49.1 Å². The molecular formula is C26H23Cl2N3O3S. The van der Waals surface area contributed by atoms with Crippen molar-refractivity contribution < 1.29 is 14.3 Å². The summed E-state index contributed by atoms with van der Waals surface area (Å²) in [5.41, 5.74) is 0.955. The summed E-state index contributed by atoms with van der Waals surface area (Å²) >= 11 is 18.1. The molecule has 2 N–H and O–H groups in total. The standard InChI is InChI=1S/C26H23Cl2N3O3S/c1-3-33-20-9-5-8-19-22-21(24(32)29-17-12-10-15(27)11-13-17)26(2,34-23(19)20)31(25(35)30-22)18-7-4-6-16(28)14-18/h4-14,21-22H,3H2,1-2H3,(H,29,32)(H,30,35)/t21-,22-,26-/m0/s1. The summed E-state index contributed by atoms with van der Waals surface area (Å²) in [6.07, 6.45) is 0. The third kappa shape index (κ3) is 4.18. The second kappa shape index (κ2) is 9.22. The number of amides is 1. The molecule has 0 unspecified atom stereocenters. The molecule has 0 aromatic heterocycles. The minimum atomic E-state index is -1.19. The molecule has 0 radical (unpaired) electrons. The zero-order chi connectivity index (χ0) is 24.7. The van der Waals surface area contributed by atoms with E-state index in [1.165, 1.54) is 0 Å². The smallest absolute Gasteiger partial charge is 0.236 e. The topological polar surface area (TPSA) is 62.8 Å². The van der Waals surface area contributed by atoms with Crippen LogP contribution >= 0.6 is 35.4 Å². The number of hydrogen-bond donors (Lipinski definition) is 2. The van der Waals surface area contributed by atoms with E-state index in [1.54, 1.807) is 36.4 Å². The number of rotatable bonds is 5. The molecule has 2 heterocycles. The van der Waals surface area contributed by atoms with Crippen LogP contribution in [0.1, 0.15) is 25.5 Å². The van der Waals surface area contributed by atoms with Gasteiger partial charge in [0.2, 0.25) is 5.91 Å². The van der Waals surface area contributed by atoms with Gasteiger partial charge in [-0.3, -0.25) is 9.69 Å². The highest BCUT2D eigenvalue weighted by Gasteiger charge is 2.59. The van der Waals surface area contributed by atoms with Crippen molar-refractivity contribution in [3.63, 3.8) is 0 Å². The summed E-state index contributed by atoms with van der Waals surface area (Å²) in [4.78, 5) is 15.7. The van der Waals surface area contributed by atoms with Crippen molar-refractivity contribution in [2.75, 3.05) is 16.8 Å². The van der Waals surface area contributed by atoms with Crippen molar-refractivity contribution >= 4 is 57.8 Å². The normalized spacial score (nSPS) is 22.5. The van der Waals surface area contributed by atoms with Crippen LogP contribution in [0, 0.1) is 5.92 Å². The Labute approximate surface area is 219 Å². The van der Waals surface area contributed by atoms with E-state index in [0.717, 1.165) is 5.56 Å². The summed E-state index contributed by atoms with van der Waals surface area (Å²) in [6.45, 7) is 4.26. The Morgan fingerprint density at radius 3 is 2.60 bits per heavy atom. The first kappa shape index (κ1) is 23.7. The van der Waals surface area contributed by atoms with Crippen LogP contribution in [0.4, 0.5) is 11.4 Å². The number of ether oxygens (including phenoxy) is 2. The molecule has 3 atom stereocenters. The molecule has 0 spiro atoms. The first-order valence-corrected chi connectivity index (χ1v) is 12.4. The molecule has 3 aromatic rings. The Morgan fingerprint density at radius 2 is 1.89 bits per heavy atom. The molecule has 180 valence electrons. The molecule has 1 fully saturated rings. The Kier molecular flexibility index (Phi) is 6.25. The van der Waals surface area contributed by atoms with Crippen molar-refractivity contribution in [3.05, 3.63) is 82.3 Å². The third-order valence-corrected chi connectivity index (χ3v) is 7.04. The van der Waals surface area contributed by atoms with Gasteiger partial charge in [0.05, 0.1) is 12.6 Å². The van der Waals surface area contributed by atoms with Crippen LogP contribution in [0.15, 0.2) is 66.7 Å². The molecule has 3 aromatic carbocycles. The second-order valence-corrected chi connectivity index (χ2v) is 9.74. The number of thiocarbonyl (C=S) groups is 1. The number of fused-ring (bicyclic) bond motifs is 4. The molecule has 6 nitrogen and oxygen atoms in total. The van der Waals surface area contributed by atoms with Crippen molar-refractivity contribution in [1.29, 1.82) is 0 Å². The maximum atomic E-state index is 13.9. The van der Waals surface area contributed by atoms with Gasteiger partial charge in [-0.05, 0) is 74.6 Å². The largest absolute Gasteiger partial charge is 0.490 e. The van der Waals surface area contributed by atoms with E-state index in [2.05, 4.69) is 10.6 Å². The van der Waals surface area contributed by atoms with Crippen LogP contribution in [0.2, 0.25) is 10.0 Å². The van der Waals surface area contributed by atoms with Crippen molar-refractivity contribution in [3.8, 4) is 11.5 Å². The van der Waals surface area contributed by atoms with Gasteiger partial charge in [0, 0.05) is 27.0 Å². The molecule has 9 heteroatoms. The van der Waals surface area contributed by atoms with E-state index < -0.39 is 17.7 Å². The Morgan fingerprint density at radius 1 is 1.14 bits per heavy atom. The zero-order valence-electron chi connectivity index (χ0n) is 19.0. The number of nitrogens with zero attached hydrogens (tertiary/aromatic N) is 1. The molecule has 35 heavy (non-hydrogen) atoms. The molecule has 1 amide bonds. The highest BCUT2D eigenvalue weighted by atomic mass is 35.5. The number of halogens is 2. The lowest BCUT2D eigenvalue weighted by Gasteiger charge is -2.56. The van der Waals surface area contributed by atoms with Gasteiger partial charge in [0.25, 0.3) is 0 Å². The number of benzene rings is 3. The summed E-state index contributed by atoms with van der Waals surface area (Å²) in [6, 6.07) is 19.5. The summed E-state index contributed by atoms with van der Waals surface area (Å²) in [7, 11) is 0. The monoisotopic (exact) mass is 527 g/mol. The Balaban J connectivity index is 1.64. The third-order valence-electron chi connectivity index (χ3n) is 6.25. The minimum absolute atomic E-state index is 0.227. The number of carbonyl (C=O) groups excluding carboxylic acids is 1. The lowest BCUT2D eigenvalue weighted by atomic mass is 9.78.